The van der Waals surface area contributed by atoms with Crippen molar-refractivity contribution in [2.24, 2.45) is 0 Å². The Morgan fingerprint density at radius 3 is 1.97 bits per heavy atom. The van der Waals surface area contributed by atoms with Crippen molar-refractivity contribution >= 4 is 12.1 Å². The van der Waals surface area contributed by atoms with E-state index in [1.165, 1.54) is 12.0 Å². The van der Waals surface area contributed by atoms with Crippen LogP contribution in [0.15, 0.2) is 78.9 Å². The van der Waals surface area contributed by atoms with E-state index in [2.05, 4.69) is 0 Å². The van der Waals surface area contributed by atoms with Crippen LogP contribution in [0.25, 0.3) is 11.1 Å². The molecule has 0 fully saturated rings. The summed E-state index contributed by atoms with van der Waals surface area (Å²) in [7, 11) is 1.26. The fourth-order valence-electron chi connectivity index (χ4n) is 4.35. The maximum atomic E-state index is 13.0. The molecule has 0 bridgehead atoms. The van der Waals surface area contributed by atoms with E-state index >= 15 is 0 Å². The number of carboxylic acids is 1. The molecule has 0 saturated heterocycles. The van der Waals surface area contributed by atoms with Gasteiger partial charge in [0.2, 0.25) is 0 Å². The van der Waals surface area contributed by atoms with Crippen LogP contribution < -0.4 is 0 Å². The standard InChI is InChI=1S/C26H25NO5/c1-17(32-16-18-10-4-3-5-11-18)23(25(28)29)27(26(30)31-2)24-21-14-8-6-12-19(21)20-13-7-9-15-22(20)24/h3-15,17,23-24H,16H2,1-2H3,(H,28,29)/t17-,23+/m1/s1. The molecule has 0 saturated carbocycles. The zero-order valence-corrected chi connectivity index (χ0v) is 18.0. The molecule has 0 unspecified atom stereocenters. The number of ether oxygens (including phenoxy) is 2. The summed E-state index contributed by atoms with van der Waals surface area (Å²) in [6.45, 7) is 1.91. The van der Waals surface area contributed by atoms with Gasteiger partial charge in [-0.15, -0.1) is 0 Å². The lowest BCUT2D eigenvalue weighted by Crippen LogP contribution is -2.53. The van der Waals surface area contributed by atoms with E-state index in [-0.39, 0.29) is 6.61 Å². The number of hydrogen-bond donors (Lipinski definition) is 1. The number of carboxylic acid groups (broad SMARTS) is 1. The van der Waals surface area contributed by atoms with Crippen LogP contribution in [0.1, 0.15) is 29.7 Å². The first-order valence-electron chi connectivity index (χ1n) is 10.5. The van der Waals surface area contributed by atoms with Gasteiger partial charge < -0.3 is 14.6 Å². The van der Waals surface area contributed by atoms with Crippen LogP contribution >= 0.6 is 0 Å². The number of aliphatic carboxylic acids is 1. The molecule has 4 rings (SSSR count). The van der Waals surface area contributed by atoms with Crippen LogP contribution in [0.4, 0.5) is 4.79 Å². The minimum atomic E-state index is -1.25. The molecule has 3 aromatic rings. The molecule has 3 aromatic carbocycles. The highest BCUT2D eigenvalue weighted by molar-refractivity contribution is 5.85. The van der Waals surface area contributed by atoms with E-state index in [0.717, 1.165) is 27.8 Å². The molecule has 1 aliphatic carbocycles. The molecular weight excluding hydrogens is 406 g/mol. The summed E-state index contributed by atoms with van der Waals surface area (Å²) in [6, 6.07) is 23.1. The number of rotatable bonds is 7. The second kappa shape index (κ2) is 9.24. The normalized spacial score (nSPS) is 14.2. The number of carbonyl (C=O) groups is 2. The van der Waals surface area contributed by atoms with Crippen molar-refractivity contribution in [1.82, 2.24) is 4.90 Å². The van der Waals surface area contributed by atoms with Gasteiger partial charge in [-0.25, -0.2) is 9.59 Å². The Morgan fingerprint density at radius 2 is 1.44 bits per heavy atom. The van der Waals surface area contributed by atoms with Gasteiger partial charge in [0.05, 0.1) is 25.9 Å². The van der Waals surface area contributed by atoms with Crippen LogP contribution in [-0.2, 0) is 20.9 Å². The topological polar surface area (TPSA) is 76.1 Å². The minimum absolute atomic E-state index is 0.235. The number of amides is 1. The number of carbonyl (C=O) groups excluding carboxylic acids is 1. The molecule has 1 N–H and O–H groups in total. The monoisotopic (exact) mass is 431 g/mol. The number of benzene rings is 3. The van der Waals surface area contributed by atoms with Gasteiger partial charge in [-0.1, -0.05) is 78.9 Å². The highest BCUT2D eigenvalue weighted by Crippen LogP contribution is 2.47. The smallest absolute Gasteiger partial charge is 0.411 e. The summed E-state index contributed by atoms with van der Waals surface area (Å²) in [5.41, 5.74) is 4.60. The molecule has 0 aromatic heterocycles. The van der Waals surface area contributed by atoms with Crippen molar-refractivity contribution in [3.63, 3.8) is 0 Å². The van der Waals surface area contributed by atoms with Crippen LogP contribution in [0.2, 0.25) is 0 Å². The van der Waals surface area contributed by atoms with Gasteiger partial charge in [-0.05, 0) is 34.7 Å². The zero-order chi connectivity index (χ0) is 22.7. The van der Waals surface area contributed by atoms with Crippen molar-refractivity contribution in [2.45, 2.75) is 31.7 Å². The third-order valence-electron chi connectivity index (χ3n) is 5.82. The Kier molecular flexibility index (Phi) is 6.23. The van der Waals surface area contributed by atoms with Crippen molar-refractivity contribution in [3.8, 4) is 11.1 Å². The lowest BCUT2D eigenvalue weighted by molar-refractivity contribution is -0.149. The van der Waals surface area contributed by atoms with E-state index in [1.807, 2.05) is 78.9 Å². The van der Waals surface area contributed by atoms with Gasteiger partial charge in [0.15, 0.2) is 6.04 Å². The van der Waals surface area contributed by atoms with Crippen LogP contribution in [0.3, 0.4) is 0 Å². The van der Waals surface area contributed by atoms with E-state index in [9.17, 15) is 14.7 Å². The van der Waals surface area contributed by atoms with E-state index in [0.29, 0.717) is 0 Å². The summed E-state index contributed by atoms with van der Waals surface area (Å²) in [6.07, 6.45) is -1.50. The molecule has 1 aliphatic rings. The Hall–Kier alpha value is -3.64. The minimum Gasteiger partial charge on any atom is -0.480 e. The second-order valence-electron chi connectivity index (χ2n) is 7.74. The van der Waals surface area contributed by atoms with Gasteiger partial charge in [0.1, 0.15) is 0 Å². The molecule has 32 heavy (non-hydrogen) atoms. The molecule has 164 valence electrons. The lowest BCUT2D eigenvalue weighted by atomic mass is 10.00. The molecule has 0 spiro atoms. The molecular formula is C26H25NO5. The van der Waals surface area contributed by atoms with E-state index in [1.54, 1.807) is 6.92 Å². The fraction of sp³-hybridized carbons (Fsp3) is 0.231. The molecule has 0 aliphatic heterocycles. The molecule has 6 nitrogen and oxygen atoms in total. The van der Waals surface area contributed by atoms with Crippen LogP contribution in [0.5, 0.6) is 0 Å². The van der Waals surface area contributed by atoms with E-state index in [4.69, 9.17) is 9.47 Å². The number of nitrogens with zero attached hydrogens (tertiary/aromatic N) is 1. The first-order valence-corrected chi connectivity index (χ1v) is 10.5. The van der Waals surface area contributed by atoms with Crippen LogP contribution in [0, 0.1) is 0 Å². The molecule has 0 heterocycles. The quantitative estimate of drug-likeness (QED) is 0.577. The predicted octanol–water partition coefficient (Wildman–Crippen LogP) is 4.88. The Labute approximate surface area is 187 Å². The predicted molar refractivity (Wildman–Crippen MR) is 120 cm³/mol. The molecule has 1 amide bonds. The van der Waals surface area contributed by atoms with Gasteiger partial charge in [-0.3, -0.25) is 4.90 Å². The Balaban J connectivity index is 1.73. The van der Waals surface area contributed by atoms with Gasteiger partial charge in [-0.2, -0.15) is 0 Å². The van der Waals surface area contributed by atoms with Crippen LogP contribution in [-0.4, -0.2) is 41.3 Å². The number of methoxy groups -OCH3 is 1. The van der Waals surface area contributed by atoms with Crippen molar-refractivity contribution in [2.75, 3.05) is 7.11 Å². The lowest BCUT2D eigenvalue weighted by Gasteiger charge is -2.36. The maximum absolute atomic E-state index is 13.0. The third kappa shape index (κ3) is 3.97. The average Bonchev–Trinajstić information content (AvgIpc) is 3.15. The largest absolute Gasteiger partial charge is 0.480 e. The Morgan fingerprint density at radius 1 is 0.906 bits per heavy atom. The average molecular weight is 431 g/mol. The van der Waals surface area contributed by atoms with Crippen molar-refractivity contribution in [1.29, 1.82) is 0 Å². The summed E-state index contributed by atoms with van der Waals surface area (Å²) in [5, 5.41) is 10.2. The second-order valence-corrected chi connectivity index (χ2v) is 7.74. The summed E-state index contributed by atoms with van der Waals surface area (Å²) in [5.74, 6) is -1.15. The first-order chi connectivity index (χ1) is 15.5. The first kappa shape index (κ1) is 21.6. The van der Waals surface area contributed by atoms with Crippen molar-refractivity contribution < 1.29 is 24.2 Å². The Bertz CT molecular complexity index is 1070. The molecule has 2 atom stereocenters. The van der Waals surface area contributed by atoms with Gasteiger partial charge in [0, 0.05) is 0 Å². The summed E-state index contributed by atoms with van der Waals surface area (Å²) in [4.78, 5) is 26.8. The summed E-state index contributed by atoms with van der Waals surface area (Å²) >= 11 is 0. The highest BCUT2D eigenvalue weighted by Gasteiger charge is 2.44. The molecule has 6 heteroatoms. The molecule has 0 radical (unpaired) electrons. The fourth-order valence-corrected chi connectivity index (χ4v) is 4.35. The summed E-state index contributed by atoms with van der Waals surface area (Å²) < 4.78 is 11.0. The highest BCUT2D eigenvalue weighted by atomic mass is 16.5. The maximum Gasteiger partial charge on any atom is 0.411 e. The van der Waals surface area contributed by atoms with Crippen molar-refractivity contribution in [3.05, 3.63) is 95.6 Å². The third-order valence-corrected chi connectivity index (χ3v) is 5.82. The van der Waals surface area contributed by atoms with Gasteiger partial charge >= 0.3 is 12.1 Å². The van der Waals surface area contributed by atoms with Gasteiger partial charge in [0.25, 0.3) is 0 Å². The number of fused-ring (bicyclic) bond motifs is 3. The SMILES string of the molecule is COC(=O)N(C1c2ccccc2-c2ccccc21)[C@H](C(=O)O)[C@@H](C)OCc1ccccc1. The van der Waals surface area contributed by atoms with E-state index < -0.39 is 30.3 Å². The zero-order valence-electron chi connectivity index (χ0n) is 18.0. The number of hydrogen-bond acceptors (Lipinski definition) is 4.